The van der Waals surface area contributed by atoms with Crippen LogP contribution in [-0.2, 0) is 6.18 Å². The number of anilines is 1. The first-order chi connectivity index (χ1) is 8.75. The zero-order valence-corrected chi connectivity index (χ0v) is 11.6. The van der Waals surface area contributed by atoms with Gasteiger partial charge < -0.3 is 10.6 Å². The van der Waals surface area contributed by atoms with Crippen molar-refractivity contribution in [1.82, 2.24) is 4.98 Å². The number of rotatable bonds is 5. The largest absolute Gasteiger partial charge is 0.417 e. The minimum absolute atomic E-state index is 0.0103. The molecule has 0 saturated carbocycles. The van der Waals surface area contributed by atoms with Crippen molar-refractivity contribution >= 4 is 17.4 Å². The Morgan fingerprint density at radius 2 is 2.05 bits per heavy atom. The molecule has 1 aromatic rings. The van der Waals surface area contributed by atoms with Crippen molar-refractivity contribution in [3.63, 3.8) is 0 Å². The molecule has 19 heavy (non-hydrogen) atoms. The van der Waals surface area contributed by atoms with Gasteiger partial charge in [-0.05, 0) is 12.0 Å². The van der Waals surface area contributed by atoms with Crippen LogP contribution in [0.3, 0.4) is 0 Å². The van der Waals surface area contributed by atoms with Gasteiger partial charge in [0.25, 0.3) is 0 Å². The molecule has 0 unspecified atom stereocenters. The molecule has 0 aliphatic rings. The lowest BCUT2D eigenvalue weighted by atomic mass is 10.2. The second kappa shape index (κ2) is 6.43. The van der Waals surface area contributed by atoms with Crippen molar-refractivity contribution in [2.24, 2.45) is 11.7 Å². The van der Waals surface area contributed by atoms with Crippen molar-refractivity contribution in [2.45, 2.75) is 20.0 Å². The maximum absolute atomic E-state index is 12.5. The molecule has 0 amide bonds. The Bertz CT molecular complexity index is 421. The number of alkyl halides is 3. The SMILES string of the molecule is CC(C)CN(CCN)c1ncc(C(F)(F)F)cc1Cl. The second-order valence-corrected chi connectivity index (χ2v) is 5.06. The average molecular weight is 296 g/mol. The zero-order chi connectivity index (χ0) is 14.6. The summed E-state index contributed by atoms with van der Waals surface area (Å²) in [6.07, 6.45) is -3.64. The number of aromatic nitrogens is 1. The number of pyridine rings is 1. The molecule has 0 atom stereocenters. The van der Waals surface area contributed by atoms with Crippen LogP contribution in [0.1, 0.15) is 19.4 Å². The molecule has 0 radical (unpaired) electrons. The topological polar surface area (TPSA) is 42.1 Å². The molecule has 3 nitrogen and oxygen atoms in total. The summed E-state index contributed by atoms with van der Waals surface area (Å²) < 4.78 is 37.6. The molecule has 7 heteroatoms. The van der Waals surface area contributed by atoms with Crippen LogP contribution in [0.4, 0.5) is 19.0 Å². The summed E-state index contributed by atoms with van der Waals surface area (Å²) in [4.78, 5) is 5.63. The highest BCUT2D eigenvalue weighted by Gasteiger charge is 2.32. The quantitative estimate of drug-likeness (QED) is 0.907. The van der Waals surface area contributed by atoms with E-state index in [9.17, 15) is 13.2 Å². The maximum atomic E-state index is 12.5. The van der Waals surface area contributed by atoms with Gasteiger partial charge in [-0.3, -0.25) is 0 Å². The minimum Gasteiger partial charge on any atom is -0.354 e. The Morgan fingerprint density at radius 1 is 1.42 bits per heavy atom. The van der Waals surface area contributed by atoms with E-state index in [0.29, 0.717) is 31.4 Å². The molecule has 0 saturated heterocycles. The van der Waals surface area contributed by atoms with Gasteiger partial charge in [-0.25, -0.2) is 4.98 Å². The number of halogens is 4. The third-order valence-electron chi connectivity index (χ3n) is 2.43. The van der Waals surface area contributed by atoms with Gasteiger partial charge in [0.15, 0.2) is 0 Å². The molecule has 0 fully saturated rings. The molecular formula is C12H17ClF3N3. The molecule has 2 N–H and O–H groups in total. The summed E-state index contributed by atoms with van der Waals surface area (Å²) in [7, 11) is 0. The Morgan fingerprint density at radius 3 is 2.47 bits per heavy atom. The molecular weight excluding hydrogens is 279 g/mol. The number of hydrogen-bond donors (Lipinski definition) is 1. The second-order valence-electron chi connectivity index (χ2n) is 4.66. The predicted molar refractivity (Wildman–Crippen MR) is 70.4 cm³/mol. The molecule has 1 rings (SSSR count). The van der Waals surface area contributed by atoms with Crippen LogP contribution in [0.15, 0.2) is 12.3 Å². The van der Waals surface area contributed by atoms with Gasteiger partial charge in [0.05, 0.1) is 10.6 Å². The van der Waals surface area contributed by atoms with Crippen LogP contribution in [0.25, 0.3) is 0 Å². The molecule has 0 spiro atoms. The Hall–Kier alpha value is -1.01. The van der Waals surface area contributed by atoms with Gasteiger partial charge in [0, 0.05) is 25.8 Å². The van der Waals surface area contributed by atoms with E-state index in [0.717, 1.165) is 12.3 Å². The van der Waals surface area contributed by atoms with Gasteiger partial charge in [-0.1, -0.05) is 25.4 Å². The van der Waals surface area contributed by atoms with Crippen LogP contribution < -0.4 is 10.6 Å². The van der Waals surface area contributed by atoms with Gasteiger partial charge in [0.1, 0.15) is 5.82 Å². The summed E-state index contributed by atoms with van der Waals surface area (Å²) in [5, 5.41) is -0.0103. The van der Waals surface area contributed by atoms with Crippen molar-refractivity contribution in [2.75, 3.05) is 24.5 Å². The Labute approximate surface area is 115 Å². The summed E-state index contributed by atoms with van der Waals surface area (Å²) >= 11 is 5.90. The molecule has 1 heterocycles. The lowest BCUT2D eigenvalue weighted by molar-refractivity contribution is -0.137. The fraction of sp³-hybridized carbons (Fsp3) is 0.583. The molecule has 108 valence electrons. The fourth-order valence-electron chi connectivity index (χ4n) is 1.70. The highest BCUT2D eigenvalue weighted by Crippen LogP contribution is 2.33. The van der Waals surface area contributed by atoms with E-state index in [1.54, 1.807) is 4.90 Å². The Kier molecular flexibility index (Phi) is 5.43. The third-order valence-corrected chi connectivity index (χ3v) is 2.71. The van der Waals surface area contributed by atoms with E-state index in [2.05, 4.69) is 4.98 Å². The third kappa shape index (κ3) is 4.54. The first-order valence-electron chi connectivity index (χ1n) is 5.93. The fourth-order valence-corrected chi connectivity index (χ4v) is 1.98. The van der Waals surface area contributed by atoms with Gasteiger partial charge in [-0.2, -0.15) is 13.2 Å². The average Bonchev–Trinajstić information content (AvgIpc) is 2.26. The molecule has 0 aliphatic heterocycles. The standard InChI is InChI=1S/C12H17ClF3N3/c1-8(2)7-19(4-3-17)11-10(13)5-9(6-18-11)12(14,15)16/h5-6,8H,3-4,7,17H2,1-2H3. The molecule has 0 bridgehead atoms. The summed E-state index contributed by atoms with van der Waals surface area (Å²) in [5.41, 5.74) is 4.65. The summed E-state index contributed by atoms with van der Waals surface area (Å²) in [6, 6.07) is 0.897. The van der Waals surface area contributed by atoms with E-state index < -0.39 is 11.7 Å². The lowest BCUT2D eigenvalue weighted by Gasteiger charge is -2.26. The first kappa shape index (κ1) is 16.0. The molecule has 0 aromatic carbocycles. The smallest absolute Gasteiger partial charge is 0.354 e. The van der Waals surface area contributed by atoms with Crippen molar-refractivity contribution in [3.8, 4) is 0 Å². The van der Waals surface area contributed by atoms with Crippen LogP contribution in [0, 0.1) is 5.92 Å². The lowest BCUT2D eigenvalue weighted by Crippen LogP contribution is -2.33. The predicted octanol–water partition coefficient (Wildman–Crippen LogP) is 3.17. The molecule has 0 aliphatic carbocycles. The normalized spacial score (nSPS) is 12.0. The monoisotopic (exact) mass is 295 g/mol. The van der Waals surface area contributed by atoms with E-state index in [-0.39, 0.29) is 5.02 Å². The van der Waals surface area contributed by atoms with E-state index in [1.807, 2.05) is 13.8 Å². The van der Waals surface area contributed by atoms with Crippen LogP contribution >= 0.6 is 11.6 Å². The van der Waals surface area contributed by atoms with E-state index >= 15 is 0 Å². The highest BCUT2D eigenvalue weighted by atomic mass is 35.5. The number of hydrogen-bond acceptors (Lipinski definition) is 3. The highest BCUT2D eigenvalue weighted by molar-refractivity contribution is 6.33. The Balaban J connectivity index is 3.04. The molecule has 1 aromatic heterocycles. The summed E-state index contributed by atoms with van der Waals surface area (Å²) in [6.45, 7) is 5.51. The van der Waals surface area contributed by atoms with Gasteiger partial charge in [-0.15, -0.1) is 0 Å². The van der Waals surface area contributed by atoms with E-state index in [1.165, 1.54) is 0 Å². The number of nitrogens with two attached hydrogens (primary N) is 1. The minimum atomic E-state index is -4.44. The van der Waals surface area contributed by atoms with E-state index in [4.69, 9.17) is 17.3 Å². The first-order valence-corrected chi connectivity index (χ1v) is 6.31. The van der Waals surface area contributed by atoms with Crippen LogP contribution in [0.2, 0.25) is 5.02 Å². The van der Waals surface area contributed by atoms with Crippen molar-refractivity contribution < 1.29 is 13.2 Å². The van der Waals surface area contributed by atoms with Gasteiger partial charge >= 0.3 is 6.18 Å². The zero-order valence-electron chi connectivity index (χ0n) is 10.8. The van der Waals surface area contributed by atoms with Crippen LogP contribution in [0.5, 0.6) is 0 Å². The van der Waals surface area contributed by atoms with Gasteiger partial charge in [0.2, 0.25) is 0 Å². The van der Waals surface area contributed by atoms with Crippen LogP contribution in [-0.4, -0.2) is 24.6 Å². The van der Waals surface area contributed by atoms with Crippen molar-refractivity contribution in [3.05, 3.63) is 22.8 Å². The maximum Gasteiger partial charge on any atom is 0.417 e. The number of nitrogens with zero attached hydrogens (tertiary/aromatic N) is 2. The van der Waals surface area contributed by atoms with Crippen molar-refractivity contribution in [1.29, 1.82) is 0 Å². The summed E-state index contributed by atoms with van der Waals surface area (Å²) in [5.74, 6) is 0.667.